The molecule has 0 aromatic heterocycles. The molecule has 0 aliphatic carbocycles. The molecule has 9 heteroatoms. The Morgan fingerprint density at radius 3 is 1.96 bits per heavy atom. The molecule has 0 aliphatic rings. The van der Waals surface area contributed by atoms with Crippen LogP contribution in [0.5, 0.6) is 0 Å². The van der Waals surface area contributed by atoms with Gasteiger partial charge >= 0.3 is 15.5 Å². The monoisotopic (exact) mass is 379 g/mol. The number of hydrogen-bond acceptors (Lipinski definition) is 4. The highest BCUT2D eigenvalue weighted by atomic mass is 32.2. The van der Waals surface area contributed by atoms with Crippen molar-refractivity contribution in [3.05, 3.63) is 29.8 Å². The van der Waals surface area contributed by atoms with Crippen molar-refractivity contribution in [3.8, 4) is 0 Å². The number of unbranched alkanes of at least 4 members (excludes halogenated alkanes) is 2. The molecule has 1 rings (SSSR count). The smallest absolute Gasteiger partial charge is 0.518 e. The van der Waals surface area contributed by atoms with Gasteiger partial charge in [-0.05, 0) is 30.5 Å². The first-order valence-electron chi connectivity index (χ1n) is 8.06. The maximum atomic E-state index is 12.3. The van der Waals surface area contributed by atoms with Crippen LogP contribution in [0, 0.1) is 0 Å². The van der Waals surface area contributed by atoms with E-state index in [4.69, 9.17) is 0 Å². The van der Waals surface area contributed by atoms with Gasteiger partial charge in [0.15, 0.2) is 0 Å². The Hall–Kier alpha value is -1.77. The number of hydrogen-bond donors (Lipinski definition) is 0. The molecule has 25 heavy (non-hydrogen) atoms. The largest absolute Gasteiger partial charge is 0.858 e. The minimum atomic E-state index is -5.83. The van der Waals surface area contributed by atoms with Crippen LogP contribution in [0.1, 0.15) is 45.1 Å². The number of nitrogens with zero attached hydrogens (tertiary/aromatic N) is 2. The van der Waals surface area contributed by atoms with Crippen molar-refractivity contribution in [3.63, 3.8) is 0 Å². The maximum absolute atomic E-state index is 12.3. The van der Waals surface area contributed by atoms with E-state index in [1.807, 2.05) is 0 Å². The highest BCUT2D eigenvalue weighted by Crippen LogP contribution is 2.25. The topological polar surface area (TPSA) is 72.8 Å². The fraction of sp³-hybridized carbons (Fsp3) is 0.562. The van der Waals surface area contributed by atoms with Crippen LogP contribution in [0.2, 0.25) is 0 Å². The first kappa shape index (κ1) is 21.3. The average Bonchev–Trinajstić information content (AvgIpc) is 2.54. The second-order valence-corrected chi connectivity index (χ2v) is 7.15. The summed E-state index contributed by atoms with van der Waals surface area (Å²) in [6, 6.07) is 5.76. The van der Waals surface area contributed by atoms with Gasteiger partial charge < -0.3 is 10.0 Å². The molecule has 0 spiro atoms. The van der Waals surface area contributed by atoms with E-state index in [1.165, 1.54) is 12.1 Å². The summed E-state index contributed by atoms with van der Waals surface area (Å²) >= 11 is 0. The van der Waals surface area contributed by atoms with Gasteiger partial charge in [-0.3, -0.25) is 0 Å². The summed E-state index contributed by atoms with van der Waals surface area (Å²) < 4.78 is 61.0. The predicted octanol–water partition coefficient (Wildman–Crippen LogP) is 3.05. The number of alkyl halides is 3. The first-order chi connectivity index (χ1) is 11.6. The van der Waals surface area contributed by atoms with Crippen LogP contribution in [-0.4, -0.2) is 32.9 Å². The summed E-state index contributed by atoms with van der Waals surface area (Å²) in [7, 11) is -5.83. The van der Waals surface area contributed by atoms with E-state index >= 15 is 0 Å². The van der Waals surface area contributed by atoms with Crippen molar-refractivity contribution in [2.75, 3.05) is 18.0 Å². The van der Waals surface area contributed by atoms with E-state index < -0.39 is 21.4 Å². The van der Waals surface area contributed by atoms with Gasteiger partial charge in [0, 0.05) is 24.7 Å². The van der Waals surface area contributed by atoms with Crippen LogP contribution in [0.15, 0.2) is 28.7 Å². The number of anilines is 1. The van der Waals surface area contributed by atoms with Gasteiger partial charge in [0.25, 0.3) is 0 Å². The van der Waals surface area contributed by atoms with Crippen LogP contribution in [-0.2, 0) is 10.0 Å². The summed E-state index contributed by atoms with van der Waals surface area (Å²) in [4.78, 5) is 2.13. The van der Waals surface area contributed by atoms with E-state index in [9.17, 15) is 26.7 Å². The maximum Gasteiger partial charge on any atom is 0.518 e. The zero-order valence-electron chi connectivity index (χ0n) is 14.2. The average molecular weight is 379 g/mol. The van der Waals surface area contributed by atoms with Gasteiger partial charge in [-0.25, -0.2) is 0 Å². The van der Waals surface area contributed by atoms with Crippen LogP contribution in [0.25, 0.3) is 0 Å². The molecule has 0 aliphatic heterocycles. The van der Waals surface area contributed by atoms with Crippen molar-refractivity contribution in [1.82, 2.24) is 0 Å². The molecule has 0 unspecified atom stereocenters. The number of sulfonamides is 1. The summed E-state index contributed by atoms with van der Waals surface area (Å²) in [5, 5.41) is 11.7. The van der Waals surface area contributed by atoms with E-state index in [1.54, 1.807) is 12.1 Å². The molecular formula is C16H22F3N2O3S-. The van der Waals surface area contributed by atoms with E-state index in [-0.39, 0.29) is 5.56 Å². The lowest BCUT2D eigenvalue weighted by molar-refractivity contribution is -0.212. The lowest BCUT2D eigenvalue weighted by atomic mass is 10.1. The quantitative estimate of drug-likeness (QED) is 0.488. The molecule has 0 saturated heterocycles. The molecule has 1 aromatic carbocycles. The van der Waals surface area contributed by atoms with Crippen molar-refractivity contribution in [1.29, 1.82) is 0 Å². The van der Waals surface area contributed by atoms with Crippen LogP contribution >= 0.6 is 0 Å². The normalized spacial score (nSPS) is 13.1. The molecule has 0 amide bonds. The van der Waals surface area contributed by atoms with E-state index in [2.05, 4.69) is 23.1 Å². The fourth-order valence-corrected chi connectivity index (χ4v) is 2.52. The SMILES string of the molecule is CCCCN(CCCC)c1ccc(/C([O-])=N/S(=O)(=O)C(F)(F)F)cc1. The molecule has 5 nitrogen and oxygen atoms in total. The Bertz CT molecular complexity index is 663. The molecule has 1 aromatic rings. The molecule has 0 heterocycles. The summed E-state index contributed by atoms with van der Waals surface area (Å²) in [6.07, 6.45) is 4.02. The van der Waals surface area contributed by atoms with E-state index in [0.29, 0.717) is 0 Å². The number of halogens is 3. The third-order valence-corrected chi connectivity index (χ3v) is 4.53. The van der Waals surface area contributed by atoms with Gasteiger partial charge in [0.1, 0.15) is 0 Å². The lowest BCUT2D eigenvalue weighted by Crippen LogP contribution is -2.28. The Labute approximate surface area is 146 Å². The molecular weight excluding hydrogens is 357 g/mol. The van der Waals surface area contributed by atoms with Crippen molar-refractivity contribution >= 4 is 21.6 Å². The van der Waals surface area contributed by atoms with Crippen LogP contribution in [0.3, 0.4) is 0 Å². The van der Waals surface area contributed by atoms with Crippen LogP contribution < -0.4 is 10.0 Å². The van der Waals surface area contributed by atoms with Crippen molar-refractivity contribution < 1.29 is 26.7 Å². The second-order valence-electron chi connectivity index (χ2n) is 5.56. The third kappa shape index (κ3) is 6.22. The Kier molecular flexibility index (Phi) is 7.72. The van der Waals surface area contributed by atoms with Crippen LogP contribution in [0.4, 0.5) is 18.9 Å². The van der Waals surface area contributed by atoms with E-state index in [0.717, 1.165) is 44.5 Å². The minimum absolute atomic E-state index is 0.206. The standard InChI is InChI=1S/C16H23F3N2O3S/c1-3-5-11-21(12-6-4-2)14-9-7-13(8-10-14)15(22)20-25(23,24)16(17,18)19/h7-10H,3-6,11-12H2,1-2H3,(H,20,22)/p-1. The van der Waals surface area contributed by atoms with Gasteiger partial charge in [0.05, 0.1) is 0 Å². The minimum Gasteiger partial charge on any atom is -0.858 e. The molecule has 0 fully saturated rings. The number of benzene rings is 1. The zero-order valence-corrected chi connectivity index (χ0v) is 15.0. The Morgan fingerprint density at radius 1 is 1.08 bits per heavy atom. The highest BCUT2D eigenvalue weighted by molar-refractivity contribution is 7.91. The van der Waals surface area contributed by atoms with Crippen molar-refractivity contribution in [2.45, 2.75) is 45.0 Å². The second kappa shape index (κ2) is 9.07. The van der Waals surface area contributed by atoms with Gasteiger partial charge in [0.2, 0.25) is 0 Å². The predicted molar refractivity (Wildman–Crippen MR) is 90.0 cm³/mol. The highest BCUT2D eigenvalue weighted by Gasteiger charge is 2.45. The van der Waals surface area contributed by atoms with Crippen molar-refractivity contribution in [2.24, 2.45) is 4.40 Å². The molecule has 142 valence electrons. The Balaban J connectivity index is 3.00. The zero-order chi connectivity index (χ0) is 19.1. The lowest BCUT2D eigenvalue weighted by Gasteiger charge is -2.25. The molecule has 0 N–H and O–H groups in total. The molecule has 0 atom stereocenters. The fourth-order valence-electron chi connectivity index (χ4n) is 2.10. The first-order valence-corrected chi connectivity index (χ1v) is 9.50. The summed E-state index contributed by atoms with van der Waals surface area (Å²) in [5.41, 5.74) is -4.96. The number of rotatable bonds is 9. The Morgan fingerprint density at radius 2 is 1.56 bits per heavy atom. The molecule has 0 radical (unpaired) electrons. The molecule has 0 bridgehead atoms. The van der Waals surface area contributed by atoms with Gasteiger partial charge in [-0.1, -0.05) is 38.8 Å². The van der Waals surface area contributed by atoms with Gasteiger partial charge in [-0.2, -0.15) is 26.0 Å². The van der Waals surface area contributed by atoms with Gasteiger partial charge in [-0.15, -0.1) is 0 Å². The summed E-state index contributed by atoms with van der Waals surface area (Å²) in [6.45, 7) is 5.80. The third-order valence-electron chi connectivity index (χ3n) is 3.54. The molecule has 0 saturated carbocycles. The summed E-state index contributed by atoms with van der Waals surface area (Å²) in [5.74, 6) is -1.43.